The summed E-state index contributed by atoms with van der Waals surface area (Å²) in [4.78, 5) is 11.9. The van der Waals surface area contributed by atoms with Crippen LogP contribution < -0.4 is 5.32 Å². The van der Waals surface area contributed by atoms with Gasteiger partial charge in [-0.05, 0) is 53.5 Å². The van der Waals surface area contributed by atoms with Crippen LogP contribution in [0.5, 0.6) is 0 Å². The first-order valence-corrected chi connectivity index (χ1v) is 9.16. The molecule has 1 aliphatic rings. The third kappa shape index (κ3) is 5.20. The smallest absolute Gasteiger partial charge is 0.408 e. The Balaban J connectivity index is 2.28. The average Bonchev–Trinajstić information content (AvgIpc) is 3.35. The minimum Gasteiger partial charge on any atom is -0.444 e. The van der Waals surface area contributed by atoms with Crippen LogP contribution >= 0.6 is 0 Å². The van der Waals surface area contributed by atoms with Gasteiger partial charge in [0, 0.05) is 11.5 Å². The number of carbonyl (C=O) groups is 1. The summed E-state index contributed by atoms with van der Waals surface area (Å²) < 4.78 is 49.8. The van der Waals surface area contributed by atoms with Crippen molar-refractivity contribution < 1.29 is 27.8 Å². The van der Waals surface area contributed by atoms with Crippen LogP contribution in [0.4, 0.5) is 18.0 Å². The Morgan fingerprint density at radius 2 is 1.89 bits per heavy atom. The van der Waals surface area contributed by atoms with Gasteiger partial charge in [-0.25, -0.2) is 9.18 Å². The van der Waals surface area contributed by atoms with E-state index >= 15 is 0 Å². The van der Waals surface area contributed by atoms with E-state index in [1.807, 2.05) is 0 Å². The fourth-order valence-electron chi connectivity index (χ4n) is 2.50. The largest absolute Gasteiger partial charge is 0.444 e. The molecule has 2 atom stereocenters. The molecule has 0 aliphatic heterocycles. The van der Waals surface area contributed by atoms with Gasteiger partial charge in [0.15, 0.2) is 5.60 Å². The second-order valence-corrected chi connectivity index (χ2v) is 8.27. The van der Waals surface area contributed by atoms with Gasteiger partial charge < -0.3 is 15.2 Å². The highest BCUT2D eigenvalue weighted by Crippen LogP contribution is 2.41. The number of hydrogen-bond donors (Lipinski definition) is 2. The molecular formula is C21H26F3NO3. The molecular weight excluding hydrogens is 371 g/mol. The zero-order valence-electron chi connectivity index (χ0n) is 16.7. The number of hydrogen-bond acceptors (Lipinski definition) is 3. The predicted octanol–water partition coefficient (Wildman–Crippen LogP) is 4.67. The molecule has 0 radical (unpaired) electrons. The molecule has 1 aliphatic carbocycles. The summed E-state index contributed by atoms with van der Waals surface area (Å²) in [7, 11) is 0. The summed E-state index contributed by atoms with van der Waals surface area (Å²) in [5.74, 6) is -0.343. The van der Waals surface area contributed by atoms with Crippen LogP contribution in [0.15, 0.2) is 18.2 Å². The van der Waals surface area contributed by atoms with Gasteiger partial charge in [-0.1, -0.05) is 24.0 Å². The fourth-order valence-corrected chi connectivity index (χ4v) is 2.50. The molecule has 0 saturated heterocycles. The van der Waals surface area contributed by atoms with Gasteiger partial charge in [-0.3, -0.25) is 0 Å². The van der Waals surface area contributed by atoms with E-state index in [-0.39, 0.29) is 11.5 Å². The summed E-state index contributed by atoms with van der Waals surface area (Å²) in [5.41, 5.74) is -4.60. The SMILES string of the molecule is C[C@@H](NC(=O)OC(C)(C)C)c1cccc(C(F)(F)C(C)(O)C#CC2CC2)c1F. The highest BCUT2D eigenvalue weighted by Gasteiger charge is 2.52. The van der Waals surface area contributed by atoms with E-state index in [9.17, 15) is 23.1 Å². The summed E-state index contributed by atoms with van der Waals surface area (Å²) in [6.07, 6.45) is 0.831. The summed E-state index contributed by atoms with van der Waals surface area (Å²) in [6.45, 7) is 7.34. The van der Waals surface area contributed by atoms with Crippen LogP contribution in [0, 0.1) is 23.6 Å². The number of carbonyl (C=O) groups excluding carboxylic acids is 1. The molecule has 0 bridgehead atoms. The lowest BCUT2D eigenvalue weighted by atomic mass is 9.89. The number of aliphatic hydroxyl groups is 1. The van der Waals surface area contributed by atoms with Crippen molar-refractivity contribution in [3.8, 4) is 11.8 Å². The lowest BCUT2D eigenvalue weighted by Crippen LogP contribution is -2.43. The van der Waals surface area contributed by atoms with Gasteiger partial charge in [0.25, 0.3) is 0 Å². The van der Waals surface area contributed by atoms with Crippen LogP contribution in [-0.2, 0) is 10.7 Å². The predicted molar refractivity (Wildman–Crippen MR) is 99.2 cm³/mol. The first-order chi connectivity index (χ1) is 12.7. The van der Waals surface area contributed by atoms with Crippen molar-refractivity contribution in [2.75, 3.05) is 0 Å². The molecule has 1 unspecified atom stereocenters. The van der Waals surface area contributed by atoms with Crippen molar-refractivity contribution in [2.45, 2.75) is 70.6 Å². The molecule has 154 valence electrons. The Morgan fingerprint density at radius 3 is 2.43 bits per heavy atom. The molecule has 1 aromatic rings. The highest BCUT2D eigenvalue weighted by molar-refractivity contribution is 5.68. The minimum atomic E-state index is -3.94. The van der Waals surface area contributed by atoms with E-state index < -0.39 is 40.6 Å². The number of amides is 1. The molecule has 1 saturated carbocycles. The molecule has 2 rings (SSSR count). The van der Waals surface area contributed by atoms with Crippen molar-refractivity contribution >= 4 is 6.09 Å². The van der Waals surface area contributed by atoms with Gasteiger partial charge in [0.05, 0.1) is 11.6 Å². The van der Waals surface area contributed by atoms with Gasteiger partial charge in [-0.15, -0.1) is 0 Å². The maximum atomic E-state index is 14.9. The van der Waals surface area contributed by atoms with Crippen molar-refractivity contribution in [1.29, 1.82) is 0 Å². The number of alkyl halides is 2. The monoisotopic (exact) mass is 397 g/mol. The standard InChI is InChI=1S/C21H26F3NO3/c1-13(25-18(26)28-19(2,3)4)15-7-6-8-16(17(15)22)21(23,24)20(5,27)12-11-14-9-10-14/h6-8,13-14,27H,9-10H2,1-5H3,(H,25,26)/t13-,20?/m1/s1. The van der Waals surface area contributed by atoms with Crippen LogP contribution in [0.2, 0.25) is 0 Å². The Bertz CT molecular complexity index is 799. The Morgan fingerprint density at radius 1 is 1.29 bits per heavy atom. The average molecular weight is 397 g/mol. The third-order valence-corrected chi connectivity index (χ3v) is 4.28. The van der Waals surface area contributed by atoms with E-state index in [0.717, 1.165) is 25.8 Å². The van der Waals surface area contributed by atoms with Gasteiger partial charge in [0.2, 0.25) is 0 Å². The van der Waals surface area contributed by atoms with E-state index in [2.05, 4.69) is 17.2 Å². The van der Waals surface area contributed by atoms with Crippen molar-refractivity contribution in [1.82, 2.24) is 5.32 Å². The van der Waals surface area contributed by atoms with E-state index in [4.69, 9.17) is 4.74 Å². The van der Waals surface area contributed by atoms with Crippen LogP contribution in [0.25, 0.3) is 0 Å². The lowest BCUT2D eigenvalue weighted by molar-refractivity contribution is -0.148. The summed E-state index contributed by atoms with van der Waals surface area (Å²) in [5, 5.41) is 12.6. The quantitative estimate of drug-likeness (QED) is 0.726. The Kier molecular flexibility index (Phi) is 6.05. The zero-order valence-corrected chi connectivity index (χ0v) is 16.7. The molecule has 1 amide bonds. The Hall–Kier alpha value is -2.20. The van der Waals surface area contributed by atoms with Gasteiger partial charge in [-0.2, -0.15) is 8.78 Å². The minimum absolute atomic E-state index is 0.0107. The van der Waals surface area contributed by atoms with Crippen molar-refractivity contribution in [3.63, 3.8) is 0 Å². The second kappa shape index (κ2) is 7.67. The molecule has 2 N–H and O–H groups in total. The number of halogens is 3. The first-order valence-electron chi connectivity index (χ1n) is 9.16. The molecule has 7 heteroatoms. The number of benzene rings is 1. The van der Waals surface area contributed by atoms with Crippen LogP contribution in [0.1, 0.15) is 64.6 Å². The van der Waals surface area contributed by atoms with Crippen LogP contribution in [-0.4, -0.2) is 22.4 Å². The van der Waals surface area contributed by atoms with E-state index in [1.165, 1.54) is 19.1 Å². The molecule has 28 heavy (non-hydrogen) atoms. The van der Waals surface area contributed by atoms with Gasteiger partial charge in [0.1, 0.15) is 11.4 Å². The Labute approximate surface area is 163 Å². The molecule has 0 spiro atoms. The molecule has 0 aromatic heterocycles. The normalized spacial score (nSPS) is 17.8. The maximum absolute atomic E-state index is 14.9. The van der Waals surface area contributed by atoms with Crippen molar-refractivity contribution in [2.24, 2.45) is 5.92 Å². The maximum Gasteiger partial charge on any atom is 0.408 e. The number of ether oxygens (including phenoxy) is 1. The number of rotatable bonds is 4. The molecule has 1 aromatic carbocycles. The second-order valence-electron chi connectivity index (χ2n) is 8.27. The molecule has 4 nitrogen and oxygen atoms in total. The molecule has 0 heterocycles. The summed E-state index contributed by atoms with van der Waals surface area (Å²) >= 11 is 0. The van der Waals surface area contributed by atoms with Crippen molar-refractivity contribution in [3.05, 3.63) is 35.1 Å². The van der Waals surface area contributed by atoms with Gasteiger partial charge >= 0.3 is 12.0 Å². The highest BCUT2D eigenvalue weighted by atomic mass is 19.3. The topological polar surface area (TPSA) is 58.6 Å². The fraction of sp³-hybridized carbons (Fsp3) is 0.571. The molecule has 1 fully saturated rings. The number of nitrogens with one attached hydrogen (secondary N) is 1. The zero-order chi connectivity index (χ0) is 21.3. The van der Waals surface area contributed by atoms with E-state index in [1.54, 1.807) is 20.8 Å². The first kappa shape index (κ1) is 22.1. The van der Waals surface area contributed by atoms with Crippen LogP contribution in [0.3, 0.4) is 0 Å². The van der Waals surface area contributed by atoms with E-state index in [0.29, 0.717) is 0 Å². The summed E-state index contributed by atoms with van der Waals surface area (Å²) in [6, 6.07) is 2.53. The number of alkyl carbamates (subject to hydrolysis) is 1. The third-order valence-electron chi connectivity index (χ3n) is 4.28. The lowest BCUT2D eigenvalue weighted by Gasteiger charge is -2.29.